The van der Waals surface area contributed by atoms with E-state index in [1.54, 1.807) is 0 Å². The van der Waals surface area contributed by atoms with E-state index in [1.165, 1.54) is 7.11 Å². The molecule has 1 unspecified atom stereocenters. The van der Waals surface area contributed by atoms with Crippen molar-refractivity contribution in [1.29, 1.82) is 0 Å². The minimum absolute atomic E-state index is 0.0158. The molecule has 0 saturated heterocycles. The molecule has 0 amide bonds. The molecule has 0 aromatic carbocycles. The van der Waals surface area contributed by atoms with Gasteiger partial charge < -0.3 is 10.1 Å². The zero-order valence-corrected chi connectivity index (χ0v) is 7.78. The van der Waals surface area contributed by atoms with Crippen LogP contribution in [-0.2, 0) is 4.74 Å². The largest absolute Gasteiger partial charge is 0.382 e. The van der Waals surface area contributed by atoms with Crippen molar-refractivity contribution in [3.05, 3.63) is 0 Å². The first-order valence-electron chi connectivity index (χ1n) is 3.84. The number of rotatable bonds is 4. The number of halogens is 1. The van der Waals surface area contributed by atoms with Crippen LogP contribution in [0.25, 0.3) is 0 Å². The summed E-state index contributed by atoms with van der Waals surface area (Å²) in [6.07, 6.45) is -0.903. The Balaban J connectivity index is 3.38. The quantitative estimate of drug-likeness (QED) is 0.675. The van der Waals surface area contributed by atoms with Gasteiger partial charge in [0.25, 0.3) is 0 Å². The molecular weight excluding hydrogens is 145 g/mol. The zero-order valence-electron chi connectivity index (χ0n) is 7.78. The Morgan fingerprint density at radius 2 is 2.00 bits per heavy atom. The molecule has 2 nitrogen and oxygen atoms in total. The van der Waals surface area contributed by atoms with Crippen LogP contribution in [0.4, 0.5) is 4.39 Å². The van der Waals surface area contributed by atoms with E-state index in [4.69, 9.17) is 0 Å². The predicted molar refractivity (Wildman–Crippen MR) is 44.5 cm³/mol. The van der Waals surface area contributed by atoms with Crippen molar-refractivity contribution in [2.24, 2.45) is 0 Å². The summed E-state index contributed by atoms with van der Waals surface area (Å²) in [7, 11) is 1.50. The Morgan fingerprint density at radius 1 is 1.45 bits per heavy atom. The average molecular weight is 163 g/mol. The summed E-state index contributed by atoms with van der Waals surface area (Å²) < 4.78 is 17.4. The third-order valence-electron chi connectivity index (χ3n) is 1.20. The van der Waals surface area contributed by atoms with E-state index in [1.807, 2.05) is 20.8 Å². The molecule has 0 bridgehead atoms. The molecule has 0 saturated carbocycles. The Hall–Kier alpha value is -0.150. The summed E-state index contributed by atoms with van der Waals surface area (Å²) in [5.74, 6) is 0. The Kier molecular flexibility index (Phi) is 4.61. The van der Waals surface area contributed by atoms with Crippen LogP contribution < -0.4 is 5.32 Å². The molecule has 0 spiro atoms. The highest BCUT2D eigenvalue weighted by molar-refractivity contribution is 4.72. The molecule has 0 heterocycles. The maximum atomic E-state index is 12.7. The van der Waals surface area contributed by atoms with Crippen molar-refractivity contribution in [2.45, 2.75) is 32.5 Å². The van der Waals surface area contributed by atoms with Gasteiger partial charge in [0.15, 0.2) is 0 Å². The van der Waals surface area contributed by atoms with Crippen LogP contribution in [0.5, 0.6) is 0 Å². The topological polar surface area (TPSA) is 21.3 Å². The fourth-order valence-electron chi connectivity index (χ4n) is 0.657. The predicted octanol–water partition coefficient (Wildman–Crippen LogP) is 1.36. The highest BCUT2D eigenvalue weighted by Gasteiger charge is 2.12. The van der Waals surface area contributed by atoms with Gasteiger partial charge in [0.1, 0.15) is 6.17 Å². The summed E-state index contributed by atoms with van der Waals surface area (Å²) >= 11 is 0. The number of methoxy groups -OCH3 is 1. The van der Waals surface area contributed by atoms with Gasteiger partial charge in [-0.1, -0.05) is 0 Å². The maximum Gasteiger partial charge on any atom is 0.136 e. The second kappa shape index (κ2) is 4.67. The number of hydrogen-bond acceptors (Lipinski definition) is 2. The SMILES string of the molecule is COCC(F)CNC(C)(C)C. The van der Waals surface area contributed by atoms with Gasteiger partial charge >= 0.3 is 0 Å². The first-order chi connectivity index (χ1) is 4.95. The van der Waals surface area contributed by atoms with Gasteiger partial charge in [-0.3, -0.25) is 0 Å². The van der Waals surface area contributed by atoms with Crippen LogP contribution in [0.15, 0.2) is 0 Å². The fraction of sp³-hybridized carbons (Fsp3) is 1.00. The molecule has 0 aromatic heterocycles. The first kappa shape index (κ1) is 10.8. The molecule has 11 heavy (non-hydrogen) atoms. The number of alkyl halides is 1. The fourth-order valence-corrected chi connectivity index (χ4v) is 0.657. The van der Waals surface area contributed by atoms with Gasteiger partial charge in [-0.15, -0.1) is 0 Å². The molecule has 0 radical (unpaired) electrons. The van der Waals surface area contributed by atoms with Crippen molar-refractivity contribution < 1.29 is 9.13 Å². The van der Waals surface area contributed by atoms with E-state index < -0.39 is 6.17 Å². The van der Waals surface area contributed by atoms with Crippen LogP contribution in [-0.4, -0.2) is 32.0 Å². The van der Waals surface area contributed by atoms with Gasteiger partial charge in [-0.25, -0.2) is 4.39 Å². The molecule has 0 aliphatic heterocycles. The van der Waals surface area contributed by atoms with Crippen molar-refractivity contribution in [3.63, 3.8) is 0 Å². The van der Waals surface area contributed by atoms with Crippen LogP contribution in [0.2, 0.25) is 0 Å². The number of nitrogens with one attached hydrogen (secondary N) is 1. The zero-order chi connectivity index (χ0) is 8.91. The van der Waals surface area contributed by atoms with Crippen LogP contribution in [0, 0.1) is 0 Å². The molecule has 0 rings (SSSR count). The van der Waals surface area contributed by atoms with Gasteiger partial charge in [0, 0.05) is 19.2 Å². The van der Waals surface area contributed by atoms with Gasteiger partial charge in [-0.05, 0) is 20.8 Å². The summed E-state index contributed by atoms with van der Waals surface area (Å²) in [5, 5.41) is 3.05. The molecule has 0 aliphatic rings. The molecule has 3 heteroatoms. The molecule has 1 N–H and O–H groups in total. The van der Waals surface area contributed by atoms with E-state index in [9.17, 15) is 4.39 Å². The molecule has 1 atom stereocenters. The van der Waals surface area contributed by atoms with E-state index >= 15 is 0 Å². The van der Waals surface area contributed by atoms with E-state index in [0.29, 0.717) is 6.54 Å². The van der Waals surface area contributed by atoms with Crippen LogP contribution in [0.1, 0.15) is 20.8 Å². The van der Waals surface area contributed by atoms with E-state index in [2.05, 4.69) is 10.1 Å². The standard InChI is InChI=1S/C8H18FNO/c1-8(2,3)10-5-7(9)6-11-4/h7,10H,5-6H2,1-4H3. The third kappa shape index (κ3) is 7.75. The van der Waals surface area contributed by atoms with E-state index in [-0.39, 0.29) is 12.1 Å². The highest BCUT2D eigenvalue weighted by Crippen LogP contribution is 1.99. The van der Waals surface area contributed by atoms with Crippen LogP contribution in [0.3, 0.4) is 0 Å². The smallest absolute Gasteiger partial charge is 0.136 e. The minimum atomic E-state index is -0.903. The molecule has 0 fully saturated rings. The lowest BCUT2D eigenvalue weighted by Gasteiger charge is -2.21. The van der Waals surface area contributed by atoms with Gasteiger partial charge in [0.2, 0.25) is 0 Å². The molecular formula is C8H18FNO. The van der Waals surface area contributed by atoms with Crippen molar-refractivity contribution in [3.8, 4) is 0 Å². The minimum Gasteiger partial charge on any atom is -0.382 e. The molecule has 0 aliphatic carbocycles. The second-order valence-corrected chi connectivity index (χ2v) is 3.68. The number of hydrogen-bond donors (Lipinski definition) is 1. The maximum absolute atomic E-state index is 12.7. The lowest BCUT2D eigenvalue weighted by Crippen LogP contribution is -2.40. The summed E-state index contributed by atoms with van der Waals surface area (Å²) in [6, 6.07) is 0. The average Bonchev–Trinajstić information content (AvgIpc) is 1.83. The Bertz CT molecular complexity index is 101. The highest BCUT2D eigenvalue weighted by atomic mass is 19.1. The lowest BCUT2D eigenvalue weighted by atomic mass is 10.1. The molecule has 68 valence electrons. The van der Waals surface area contributed by atoms with Gasteiger partial charge in [-0.2, -0.15) is 0 Å². The van der Waals surface area contributed by atoms with Crippen molar-refractivity contribution >= 4 is 0 Å². The second-order valence-electron chi connectivity index (χ2n) is 3.68. The lowest BCUT2D eigenvalue weighted by molar-refractivity contribution is 0.118. The normalized spacial score (nSPS) is 15.0. The van der Waals surface area contributed by atoms with Crippen molar-refractivity contribution in [2.75, 3.05) is 20.3 Å². The number of ether oxygens (including phenoxy) is 1. The summed E-state index contributed by atoms with van der Waals surface area (Å²) in [4.78, 5) is 0. The van der Waals surface area contributed by atoms with E-state index in [0.717, 1.165) is 0 Å². The monoisotopic (exact) mass is 163 g/mol. The van der Waals surface area contributed by atoms with Gasteiger partial charge in [0.05, 0.1) is 6.61 Å². The molecule has 0 aromatic rings. The first-order valence-corrected chi connectivity index (χ1v) is 3.84. The summed E-state index contributed by atoms with van der Waals surface area (Å²) in [5.41, 5.74) is -0.0158. The van der Waals surface area contributed by atoms with Crippen molar-refractivity contribution in [1.82, 2.24) is 5.32 Å². The third-order valence-corrected chi connectivity index (χ3v) is 1.20. The summed E-state index contributed by atoms with van der Waals surface area (Å²) in [6.45, 7) is 6.55. The Morgan fingerprint density at radius 3 is 2.36 bits per heavy atom. The Labute approximate surface area is 68.1 Å². The van der Waals surface area contributed by atoms with Crippen LogP contribution >= 0.6 is 0 Å².